The summed E-state index contributed by atoms with van der Waals surface area (Å²) in [4.78, 5) is 27.0. The maximum atomic E-state index is 12.9. The van der Waals surface area contributed by atoms with Gasteiger partial charge in [0.2, 0.25) is 0 Å². The van der Waals surface area contributed by atoms with Crippen molar-refractivity contribution in [2.75, 3.05) is 12.0 Å². The Bertz CT molecular complexity index is 965. The monoisotopic (exact) mass is 401 g/mol. The van der Waals surface area contributed by atoms with Crippen LogP contribution >= 0.6 is 11.6 Å². The number of nitrogens with zero attached hydrogens (tertiary/aromatic N) is 1. The van der Waals surface area contributed by atoms with E-state index in [0.29, 0.717) is 16.3 Å². The normalized spacial score (nSPS) is 16.8. The maximum Gasteiger partial charge on any atom is 0.294 e. The van der Waals surface area contributed by atoms with E-state index in [1.54, 1.807) is 50.2 Å². The van der Waals surface area contributed by atoms with Crippen LogP contribution in [0.1, 0.15) is 25.5 Å². The molecule has 1 amide bonds. The summed E-state index contributed by atoms with van der Waals surface area (Å²) in [6.45, 7) is 3.39. The van der Waals surface area contributed by atoms with Gasteiger partial charge in [0, 0.05) is 16.6 Å². The highest BCUT2D eigenvalue weighted by Gasteiger charge is 2.44. The number of aliphatic hydroxyl groups is 1. The van der Waals surface area contributed by atoms with E-state index in [1.165, 1.54) is 18.1 Å². The van der Waals surface area contributed by atoms with Gasteiger partial charge < -0.3 is 14.9 Å². The smallest absolute Gasteiger partial charge is 0.294 e. The number of carbonyl (C=O) groups excluding carboxylic acids is 2. The molecule has 3 rings (SSSR count). The number of carbonyl (C=O) groups is 2. The van der Waals surface area contributed by atoms with Crippen molar-refractivity contribution in [1.29, 1.82) is 0 Å². The van der Waals surface area contributed by atoms with Gasteiger partial charge in [-0.2, -0.15) is 0 Å². The molecule has 1 unspecified atom stereocenters. The fourth-order valence-electron chi connectivity index (χ4n) is 3.23. The molecule has 0 fully saturated rings. The Hall–Kier alpha value is -2.99. The molecule has 146 valence electrons. The molecule has 28 heavy (non-hydrogen) atoms. The first-order valence-corrected chi connectivity index (χ1v) is 9.07. The van der Waals surface area contributed by atoms with Crippen LogP contribution in [0.3, 0.4) is 0 Å². The first-order valence-electron chi connectivity index (χ1n) is 8.69. The molecule has 0 spiro atoms. The molecule has 0 saturated carbocycles. The highest BCUT2D eigenvalue weighted by atomic mass is 35.5. The predicted octanol–water partition coefficient (Wildman–Crippen LogP) is 4.18. The van der Waals surface area contributed by atoms with Crippen molar-refractivity contribution in [2.45, 2.75) is 19.9 Å². The van der Waals surface area contributed by atoms with Crippen LogP contribution in [-0.4, -0.2) is 29.0 Å². The largest absolute Gasteiger partial charge is 0.504 e. The highest BCUT2D eigenvalue weighted by molar-refractivity contribution is 6.30. The van der Waals surface area contributed by atoms with Gasteiger partial charge in [0.1, 0.15) is 0 Å². The van der Waals surface area contributed by atoms with Gasteiger partial charge in [0.15, 0.2) is 23.0 Å². The van der Waals surface area contributed by atoms with Crippen LogP contribution in [0.25, 0.3) is 0 Å². The number of anilines is 1. The number of amides is 1. The molecule has 0 aromatic heterocycles. The zero-order valence-corrected chi connectivity index (χ0v) is 16.4. The van der Waals surface area contributed by atoms with E-state index < -0.39 is 23.6 Å². The van der Waals surface area contributed by atoms with Crippen molar-refractivity contribution in [3.05, 3.63) is 64.4 Å². The number of hydrogen-bond acceptors (Lipinski definition) is 5. The van der Waals surface area contributed by atoms with Crippen molar-refractivity contribution in [2.24, 2.45) is 5.92 Å². The second-order valence-corrected chi connectivity index (χ2v) is 7.20. The summed E-state index contributed by atoms with van der Waals surface area (Å²) in [5.41, 5.74) is 0.932. The average molecular weight is 402 g/mol. The van der Waals surface area contributed by atoms with Crippen molar-refractivity contribution in [1.82, 2.24) is 0 Å². The molecule has 2 N–H and O–H groups in total. The molecule has 6 nitrogen and oxygen atoms in total. The summed E-state index contributed by atoms with van der Waals surface area (Å²) < 4.78 is 5.07. The molecule has 0 saturated heterocycles. The molecule has 0 aliphatic carbocycles. The van der Waals surface area contributed by atoms with Crippen LogP contribution in [0.2, 0.25) is 5.02 Å². The van der Waals surface area contributed by atoms with Crippen molar-refractivity contribution < 1.29 is 24.5 Å². The molecule has 0 radical (unpaired) electrons. The van der Waals surface area contributed by atoms with Crippen LogP contribution in [0.15, 0.2) is 53.8 Å². The minimum atomic E-state index is -0.889. The Labute approximate surface area is 167 Å². The van der Waals surface area contributed by atoms with Crippen LogP contribution in [-0.2, 0) is 9.59 Å². The second-order valence-electron chi connectivity index (χ2n) is 6.77. The Morgan fingerprint density at radius 3 is 2.32 bits per heavy atom. The van der Waals surface area contributed by atoms with Gasteiger partial charge >= 0.3 is 0 Å². The lowest BCUT2D eigenvalue weighted by atomic mass is 9.91. The molecular formula is C21H20ClNO5. The number of ketones is 1. The minimum Gasteiger partial charge on any atom is -0.504 e. The van der Waals surface area contributed by atoms with E-state index >= 15 is 0 Å². The number of benzene rings is 2. The van der Waals surface area contributed by atoms with Crippen molar-refractivity contribution >= 4 is 29.0 Å². The number of aromatic hydroxyl groups is 1. The van der Waals surface area contributed by atoms with E-state index in [2.05, 4.69) is 0 Å². The topological polar surface area (TPSA) is 87.1 Å². The number of Topliss-reactive ketones (excluding diaryl/α,β-unsaturated/α-hetero) is 1. The van der Waals surface area contributed by atoms with Crippen LogP contribution < -0.4 is 9.64 Å². The Kier molecular flexibility index (Phi) is 5.34. The number of rotatable bonds is 5. The van der Waals surface area contributed by atoms with Crippen molar-refractivity contribution in [3.8, 4) is 11.5 Å². The summed E-state index contributed by atoms with van der Waals surface area (Å²) in [5.74, 6) is -1.92. The highest BCUT2D eigenvalue weighted by Crippen LogP contribution is 2.43. The number of hydrogen-bond donors (Lipinski definition) is 2. The van der Waals surface area contributed by atoms with Gasteiger partial charge in [-0.15, -0.1) is 0 Å². The third kappa shape index (κ3) is 3.31. The molecule has 1 aliphatic heterocycles. The van der Waals surface area contributed by atoms with E-state index in [4.69, 9.17) is 16.3 Å². The third-order valence-corrected chi connectivity index (χ3v) is 4.87. The molecular weight excluding hydrogens is 382 g/mol. The van der Waals surface area contributed by atoms with E-state index in [-0.39, 0.29) is 22.9 Å². The van der Waals surface area contributed by atoms with Gasteiger partial charge in [-0.3, -0.25) is 14.5 Å². The molecule has 1 atom stereocenters. The minimum absolute atomic E-state index is 0.000447. The summed E-state index contributed by atoms with van der Waals surface area (Å²) in [7, 11) is 1.42. The summed E-state index contributed by atoms with van der Waals surface area (Å²) in [6, 6.07) is 10.2. The van der Waals surface area contributed by atoms with Gasteiger partial charge in [0.25, 0.3) is 5.91 Å². The number of methoxy groups -OCH3 is 1. The van der Waals surface area contributed by atoms with Gasteiger partial charge in [0.05, 0.1) is 18.7 Å². The summed E-state index contributed by atoms with van der Waals surface area (Å²) in [6.07, 6.45) is 0. The number of phenolic OH excluding ortho intramolecular Hbond substituents is 1. The first-order chi connectivity index (χ1) is 13.3. The van der Waals surface area contributed by atoms with E-state index in [9.17, 15) is 19.8 Å². The first kappa shape index (κ1) is 19.8. The Morgan fingerprint density at radius 1 is 1.14 bits per heavy atom. The Balaban J connectivity index is 2.19. The van der Waals surface area contributed by atoms with Crippen LogP contribution in [0, 0.1) is 5.92 Å². The number of aliphatic hydroxyl groups excluding tert-OH is 1. The standard InChI is InChI=1S/C21H20ClNO5/c1-11(2)19(25)17-18(12-4-9-16(28-3)15(24)10-12)23(21(27)20(17)26)14-7-5-13(22)6-8-14/h4-11,18,24,26H,1-3H3. The lowest BCUT2D eigenvalue weighted by Gasteiger charge is -2.27. The molecule has 2 aromatic rings. The Morgan fingerprint density at radius 2 is 1.79 bits per heavy atom. The molecule has 1 aliphatic rings. The maximum absolute atomic E-state index is 12.9. The van der Waals surface area contributed by atoms with Crippen LogP contribution in [0.4, 0.5) is 5.69 Å². The second kappa shape index (κ2) is 7.56. The van der Waals surface area contributed by atoms with E-state index in [1.807, 2.05) is 0 Å². The van der Waals surface area contributed by atoms with Gasteiger partial charge in [-0.1, -0.05) is 31.5 Å². The van der Waals surface area contributed by atoms with Crippen molar-refractivity contribution in [3.63, 3.8) is 0 Å². The zero-order chi connectivity index (χ0) is 20.6. The lowest BCUT2D eigenvalue weighted by Crippen LogP contribution is -2.31. The molecule has 0 bridgehead atoms. The predicted molar refractivity (Wildman–Crippen MR) is 106 cm³/mol. The number of phenols is 1. The number of halogens is 1. The fourth-order valence-corrected chi connectivity index (χ4v) is 3.35. The summed E-state index contributed by atoms with van der Waals surface area (Å²) in [5, 5.41) is 21.2. The summed E-state index contributed by atoms with van der Waals surface area (Å²) >= 11 is 5.95. The number of ether oxygens (including phenoxy) is 1. The average Bonchev–Trinajstić information content (AvgIpc) is 2.93. The third-order valence-electron chi connectivity index (χ3n) is 4.62. The quantitative estimate of drug-likeness (QED) is 0.784. The van der Waals surface area contributed by atoms with Gasteiger partial charge in [-0.05, 0) is 42.0 Å². The molecule has 7 heteroatoms. The zero-order valence-electron chi connectivity index (χ0n) is 15.6. The molecule has 2 aromatic carbocycles. The van der Waals surface area contributed by atoms with Crippen LogP contribution in [0.5, 0.6) is 11.5 Å². The molecule has 1 heterocycles. The SMILES string of the molecule is COc1ccc(C2C(C(=O)C(C)C)=C(O)C(=O)N2c2ccc(Cl)cc2)cc1O. The lowest BCUT2D eigenvalue weighted by molar-refractivity contribution is -0.119. The van der Waals surface area contributed by atoms with E-state index in [0.717, 1.165) is 0 Å². The van der Waals surface area contributed by atoms with Gasteiger partial charge in [-0.25, -0.2) is 0 Å². The fraction of sp³-hybridized carbons (Fsp3) is 0.238.